The molecule has 0 aliphatic rings. The van der Waals surface area contributed by atoms with Crippen molar-refractivity contribution >= 4 is 28.7 Å². The van der Waals surface area contributed by atoms with Crippen LogP contribution >= 0.6 is 22.7 Å². The average Bonchev–Trinajstić information content (AvgIpc) is 3.09. The third-order valence-corrected chi connectivity index (χ3v) is 4.21. The van der Waals surface area contributed by atoms with Gasteiger partial charge < -0.3 is 15.4 Å². The van der Waals surface area contributed by atoms with E-state index in [0.717, 1.165) is 10.4 Å². The smallest absolute Gasteiger partial charge is 0.315 e. The van der Waals surface area contributed by atoms with Crippen molar-refractivity contribution < 1.29 is 9.53 Å². The van der Waals surface area contributed by atoms with E-state index in [1.807, 2.05) is 29.0 Å². The maximum atomic E-state index is 11.8. The lowest BCUT2D eigenvalue weighted by molar-refractivity contribution is 0.195. The zero-order chi connectivity index (χ0) is 13.5. The molecule has 2 aromatic rings. The van der Waals surface area contributed by atoms with Gasteiger partial charge in [0.05, 0.1) is 12.6 Å². The third-order valence-electron chi connectivity index (χ3n) is 2.57. The molecule has 4 nitrogen and oxygen atoms in total. The Hall–Kier alpha value is -1.37. The molecule has 0 radical (unpaired) electrons. The van der Waals surface area contributed by atoms with Crippen LogP contribution in [-0.2, 0) is 4.74 Å². The van der Waals surface area contributed by atoms with Crippen molar-refractivity contribution in [2.45, 2.75) is 6.04 Å². The monoisotopic (exact) mass is 296 g/mol. The summed E-state index contributed by atoms with van der Waals surface area (Å²) in [5.41, 5.74) is 1.11. The van der Waals surface area contributed by atoms with Gasteiger partial charge in [-0.05, 0) is 33.8 Å². The molecule has 0 fully saturated rings. The maximum absolute atomic E-state index is 11.8. The van der Waals surface area contributed by atoms with Gasteiger partial charge in [0.15, 0.2) is 0 Å². The van der Waals surface area contributed by atoms with Crippen molar-refractivity contribution in [2.24, 2.45) is 0 Å². The summed E-state index contributed by atoms with van der Waals surface area (Å²) in [7, 11) is 1.61. The number of rotatable bonds is 6. The molecule has 2 N–H and O–H groups in total. The third kappa shape index (κ3) is 4.05. The molecule has 1 unspecified atom stereocenters. The van der Waals surface area contributed by atoms with E-state index in [-0.39, 0.29) is 12.1 Å². The fourth-order valence-electron chi connectivity index (χ4n) is 1.66. The Balaban J connectivity index is 2.01. The van der Waals surface area contributed by atoms with Crippen LogP contribution in [0.3, 0.4) is 0 Å². The molecule has 19 heavy (non-hydrogen) atoms. The van der Waals surface area contributed by atoms with Gasteiger partial charge >= 0.3 is 6.03 Å². The van der Waals surface area contributed by atoms with E-state index >= 15 is 0 Å². The van der Waals surface area contributed by atoms with E-state index in [9.17, 15) is 4.79 Å². The Morgan fingerprint density at radius 1 is 1.42 bits per heavy atom. The predicted octanol–water partition coefficient (Wildman–Crippen LogP) is 2.84. The first-order valence-electron chi connectivity index (χ1n) is 5.90. The zero-order valence-electron chi connectivity index (χ0n) is 10.6. The summed E-state index contributed by atoms with van der Waals surface area (Å²) in [6.45, 7) is 1.01. The maximum Gasteiger partial charge on any atom is 0.315 e. The van der Waals surface area contributed by atoms with E-state index in [2.05, 4.69) is 16.0 Å². The molecule has 0 spiro atoms. The van der Waals surface area contributed by atoms with Crippen LogP contribution in [0.4, 0.5) is 4.79 Å². The molecule has 2 amide bonds. The fraction of sp³-hybridized carbons (Fsp3) is 0.308. The van der Waals surface area contributed by atoms with Gasteiger partial charge in [0, 0.05) is 18.5 Å². The second kappa shape index (κ2) is 7.28. The molecule has 2 aromatic heterocycles. The minimum atomic E-state index is -0.179. The standard InChI is InChI=1S/C13H16N2O2S2/c1-17-6-5-14-13(16)15-12(10-4-8-18-9-10)11-3-2-7-19-11/h2-4,7-9,12H,5-6H2,1H3,(H2,14,15,16). The molecular weight excluding hydrogens is 280 g/mol. The topological polar surface area (TPSA) is 50.4 Å². The molecule has 0 aliphatic heterocycles. The van der Waals surface area contributed by atoms with Crippen molar-refractivity contribution in [1.82, 2.24) is 10.6 Å². The summed E-state index contributed by atoms with van der Waals surface area (Å²) >= 11 is 3.26. The number of methoxy groups -OCH3 is 1. The zero-order valence-corrected chi connectivity index (χ0v) is 12.2. The number of hydrogen-bond donors (Lipinski definition) is 2. The van der Waals surface area contributed by atoms with Gasteiger partial charge in [-0.3, -0.25) is 0 Å². The van der Waals surface area contributed by atoms with Crippen LogP contribution < -0.4 is 10.6 Å². The first kappa shape index (κ1) is 14.0. The first-order chi connectivity index (χ1) is 9.31. The van der Waals surface area contributed by atoms with Crippen LogP contribution in [0.15, 0.2) is 34.3 Å². The highest BCUT2D eigenvalue weighted by atomic mass is 32.1. The van der Waals surface area contributed by atoms with Gasteiger partial charge in [0.2, 0.25) is 0 Å². The minimum absolute atomic E-state index is 0.0891. The highest BCUT2D eigenvalue weighted by Crippen LogP contribution is 2.27. The second-order valence-corrected chi connectivity index (χ2v) is 5.66. The molecule has 2 heterocycles. The van der Waals surface area contributed by atoms with Gasteiger partial charge in [-0.25, -0.2) is 4.79 Å². The van der Waals surface area contributed by atoms with Crippen LogP contribution in [0.2, 0.25) is 0 Å². The molecule has 102 valence electrons. The molecule has 0 saturated carbocycles. The normalized spacial score (nSPS) is 12.1. The van der Waals surface area contributed by atoms with E-state index in [0.29, 0.717) is 13.2 Å². The second-order valence-electron chi connectivity index (χ2n) is 3.90. The Bertz CT molecular complexity index is 448. The van der Waals surface area contributed by atoms with Crippen LogP contribution in [0, 0.1) is 0 Å². The Morgan fingerprint density at radius 3 is 2.95 bits per heavy atom. The van der Waals surface area contributed by atoms with E-state index in [1.54, 1.807) is 29.8 Å². The highest BCUT2D eigenvalue weighted by molar-refractivity contribution is 7.10. The summed E-state index contributed by atoms with van der Waals surface area (Å²) < 4.78 is 4.90. The average molecular weight is 296 g/mol. The van der Waals surface area contributed by atoms with Gasteiger partial charge in [0.1, 0.15) is 0 Å². The van der Waals surface area contributed by atoms with Crippen molar-refractivity contribution in [3.63, 3.8) is 0 Å². The Morgan fingerprint density at radius 2 is 2.32 bits per heavy atom. The minimum Gasteiger partial charge on any atom is -0.383 e. The largest absolute Gasteiger partial charge is 0.383 e. The van der Waals surface area contributed by atoms with E-state index < -0.39 is 0 Å². The number of nitrogens with one attached hydrogen (secondary N) is 2. The number of carbonyl (C=O) groups is 1. The lowest BCUT2D eigenvalue weighted by Gasteiger charge is -2.17. The van der Waals surface area contributed by atoms with Crippen LogP contribution in [0.25, 0.3) is 0 Å². The summed E-state index contributed by atoms with van der Waals surface area (Å²) in [5.74, 6) is 0. The number of carbonyl (C=O) groups excluding carboxylic acids is 1. The Kier molecular flexibility index (Phi) is 5.38. The highest BCUT2D eigenvalue weighted by Gasteiger charge is 2.17. The van der Waals surface area contributed by atoms with Gasteiger partial charge in [-0.15, -0.1) is 11.3 Å². The Labute approximate surface area is 120 Å². The lowest BCUT2D eigenvalue weighted by Crippen LogP contribution is -2.39. The van der Waals surface area contributed by atoms with Gasteiger partial charge in [-0.2, -0.15) is 11.3 Å². The molecule has 0 saturated heterocycles. The fourth-order valence-corrected chi connectivity index (χ4v) is 3.15. The van der Waals surface area contributed by atoms with Gasteiger partial charge in [-0.1, -0.05) is 6.07 Å². The number of thiophene rings is 2. The van der Waals surface area contributed by atoms with Crippen molar-refractivity contribution in [3.05, 3.63) is 44.8 Å². The van der Waals surface area contributed by atoms with Crippen LogP contribution in [0.5, 0.6) is 0 Å². The quantitative estimate of drug-likeness (QED) is 0.805. The van der Waals surface area contributed by atoms with Crippen molar-refractivity contribution in [2.75, 3.05) is 20.3 Å². The first-order valence-corrected chi connectivity index (χ1v) is 7.72. The predicted molar refractivity (Wildman–Crippen MR) is 78.9 cm³/mol. The molecular formula is C13H16N2O2S2. The molecule has 1 atom stereocenters. The van der Waals surface area contributed by atoms with E-state index in [4.69, 9.17) is 4.74 Å². The van der Waals surface area contributed by atoms with Crippen LogP contribution in [0.1, 0.15) is 16.5 Å². The summed E-state index contributed by atoms with van der Waals surface area (Å²) in [6, 6.07) is 5.78. The molecule has 0 bridgehead atoms. The number of hydrogen-bond acceptors (Lipinski definition) is 4. The molecule has 6 heteroatoms. The molecule has 0 aromatic carbocycles. The molecule has 2 rings (SSSR count). The van der Waals surface area contributed by atoms with E-state index in [1.165, 1.54) is 0 Å². The van der Waals surface area contributed by atoms with Crippen LogP contribution in [-0.4, -0.2) is 26.3 Å². The number of urea groups is 1. The van der Waals surface area contributed by atoms with Crippen molar-refractivity contribution in [3.8, 4) is 0 Å². The number of amides is 2. The SMILES string of the molecule is COCCNC(=O)NC(c1ccsc1)c1cccs1. The molecule has 0 aliphatic carbocycles. The van der Waals surface area contributed by atoms with Gasteiger partial charge in [0.25, 0.3) is 0 Å². The summed E-state index contributed by atoms with van der Waals surface area (Å²) in [4.78, 5) is 13.0. The lowest BCUT2D eigenvalue weighted by atomic mass is 10.1. The number of ether oxygens (including phenoxy) is 1. The van der Waals surface area contributed by atoms with Crippen molar-refractivity contribution in [1.29, 1.82) is 0 Å². The summed E-state index contributed by atoms with van der Waals surface area (Å²) in [5, 5.41) is 11.8. The summed E-state index contributed by atoms with van der Waals surface area (Å²) in [6.07, 6.45) is 0.